The van der Waals surface area contributed by atoms with E-state index in [0.29, 0.717) is 5.75 Å². The average Bonchev–Trinajstić information content (AvgIpc) is 2.72. The summed E-state index contributed by atoms with van der Waals surface area (Å²) in [6.45, 7) is 17.9. The van der Waals surface area contributed by atoms with E-state index in [0.717, 1.165) is 53.0 Å². The summed E-state index contributed by atoms with van der Waals surface area (Å²) < 4.78 is 6.67. The predicted molar refractivity (Wildman–Crippen MR) is 142 cm³/mol. The zero-order chi connectivity index (χ0) is 24.1. The molecule has 32 heavy (non-hydrogen) atoms. The standard InChI is InChI=1S/C29H49BrO2/c1-19(2)12-9-13-20(3)14-10-15-21(4)16-11-17-29(8)26(30)18-25-24(7)27(31)22(5)23(6)28(25)32-29/h19-21,26,31H,9-18H2,1-8H3/t20-,21+,26?,29-/m0/s1. The lowest BCUT2D eigenvalue weighted by Gasteiger charge is -2.42. The minimum absolute atomic E-state index is 0.196. The Kier molecular flexibility index (Phi) is 10.4. The first kappa shape index (κ1) is 27.5. The molecule has 0 aliphatic carbocycles. The van der Waals surface area contributed by atoms with Crippen LogP contribution in [0.25, 0.3) is 0 Å². The second-order valence-electron chi connectivity index (χ2n) is 11.5. The van der Waals surface area contributed by atoms with E-state index >= 15 is 0 Å². The molecule has 184 valence electrons. The number of alkyl halides is 1. The molecule has 1 aromatic carbocycles. The first-order valence-electron chi connectivity index (χ1n) is 13.1. The predicted octanol–water partition coefficient (Wildman–Crippen LogP) is 9.21. The average molecular weight is 510 g/mol. The van der Waals surface area contributed by atoms with E-state index in [1.54, 1.807) is 0 Å². The lowest BCUT2D eigenvalue weighted by molar-refractivity contribution is 0.0595. The third-order valence-electron chi connectivity index (χ3n) is 7.96. The molecule has 1 aromatic rings. The van der Waals surface area contributed by atoms with Gasteiger partial charge in [0.05, 0.1) is 4.83 Å². The topological polar surface area (TPSA) is 29.5 Å². The van der Waals surface area contributed by atoms with Crippen molar-refractivity contribution in [2.24, 2.45) is 17.8 Å². The molecule has 1 aliphatic heterocycles. The van der Waals surface area contributed by atoms with Crippen molar-refractivity contribution in [2.75, 3.05) is 0 Å². The summed E-state index contributed by atoms with van der Waals surface area (Å²) >= 11 is 3.93. The van der Waals surface area contributed by atoms with E-state index in [4.69, 9.17) is 4.74 Å². The Labute approximate surface area is 207 Å². The van der Waals surface area contributed by atoms with Crippen LogP contribution in [0.1, 0.15) is 115 Å². The highest BCUT2D eigenvalue weighted by Gasteiger charge is 2.41. The van der Waals surface area contributed by atoms with Crippen molar-refractivity contribution >= 4 is 15.9 Å². The fraction of sp³-hybridized carbons (Fsp3) is 0.793. The van der Waals surface area contributed by atoms with Gasteiger partial charge in [-0.1, -0.05) is 88.6 Å². The monoisotopic (exact) mass is 508 g/mol. The highest BCUT2D eigenvalue weighted by atomic mass is 79.9. The van der Waals surface area contributed by atoms with E-state index in [2.05, 4.69) is 57.5 Å². The van der Waals surface area contributed by atoms with E-state index in [1.807, 2.05) is 13.8 Å². The number of ether oxygens (including phenoxy) is 1. The van der Waals surface area contributed by atoms with Crippen LogP contribution in [0, 0.1) is 38.5 Å². The molecular formula is C29H49BrO2. The SMILES string of the molecule is Cc1c(C)c2c(c(C)c1O)CC(Br)[C@](C)(CCC[C@H](C)CCC[C@@H](C)CCCC(C)C)O2. The van der Waals surface area contributed by atoms with Crippen LogP contribution in [0.4, 0.5) is 0 Å². The summed E-state index contributed by atoms with van der Waals surface area (Å²) in [6.07, 6.45) is 12.7. The summed E-state index contributed by atoms with van der Waals surface area (Å²) in [4.78, 5) is 0.268. The molecule has 1 aliphatic rings. The third kappa shape index (κ3) is 7.15. The van der Waals surface area contributed by atoms with Gasteiger partial charge < -0.3 is 9.84 Å². The van der Waals surface area contributed by atoms with Gasteiger partial charge in [-0.3, -0.25) is 0 Å². The third-order valence-corrected chi connectivity index (χ3v) is 9.26. The Hall–Kier alpha value is -0.700. The van der Waals surface area contributed by atoms with Crippen LogP contribution >= 0.6 is 15.9 Å². The maximum atomic E-state index is 10.5. The molecule has 0 radical (unpaired) electrons. The Morgan fingerprint density at radius 1 is 0.875 bits per heavy atom. The molecule has 0 amide bonds. The summed E-state index contributed by atoms with van der Waals surface area (Å²) in [5.41, 5.74) is 3.98. The van der Waals surface area contributed by atoms with Crippen LogP contribution in [-0.2, 0) is 6.42 Å². The maximum Gasteiger partial charge on any atom is 0.127 e. The van der Waals surface area contributed by atoms with E-state index in [-0.39, 0.29) is 10.4 Å². The summed E-state index contributed by atoms with van der Waals surface area (Å²) in [6, 6.07) is 0. The maximum absolute atomic E-state index is 10.5. The number of hydrogen-bond donors (Lipinski definition) is 1. The molecule has 4 atom stereocenters. The van der Waals surface area contributed by atoms with Gasteiger partial charge in [-0.25, -0.2) is 0 Å². The number of benzene rings is 1. The number of phenolic OH excluding ortho intramolecular Hbond substituents is 1. The first-order valence-corrected chi connectivity index (χ1v) is 14.0. The van der Waals surface area contributed by atoms with Crippen LogP contribution in [0.5, 0.6) is 11.5 Å². The molecule has 1 unspecified atom stereocenters. The second-order valence-corrected chi connectivity index (χ2v) is 12.6. The number of hydrogen-bond acceptors (Lipinski definition) is 2. The zero-order valence-electron chi connectivity index (χ0n) is 22.1. The lowest BCUT2D eigenvalue weighted by atomic mass is 9.83. The Balaban J connectivity index is 1.80. The van der Waals surface area contributed by atoms with E-state index < -0.39 is 0 Å². The van der Waals surface area contributed by atoms with Gasteiger partial charge in [-0.05, 0) is 81.4 Å². The van der Waals surface area contributed by atoms with Gasteiger partial charge in [0.15, 0.2) is 0 Å². The van der Waals surface area contributed by atoms with Crippen molar-refractivity contribution in [3.63, 3.8) is 0 Å². The van der Waals surface area contributed by atoms with Crippen LogP contribution in [0.15, 0.2) is 0 Å². The Morgan fingerprint density at radius 3 is 1.97 bits per heavy atom. The normalized spacial score (nSPS) is 22.5. The zero-order valence-corrected chi connectivity index (χ0v) is 23.7. The van der Waals surface area contributed by atoms with Gasteiger partial charge in [-0.2, -0.15) is 0 Å². The van der Waals surface area contributed by atoms with Crippen molar-refractivity contribution in [3.8, 4) is 11.5 Å². The number of aromatic hydroxyl groups is 1. The molecule has 2 rings (SSSR count). The van der Waals surface area contributed by atoms with Crippen molar-refractivity contribution in [2.45, 2.75) is 130 Å². The van der Waals surface area contributed by atoms with Crippen LogP contribution < -0.4 is 4.74 Å². The quantitative estimate of drug-likeness (QED) is 0.285. The first-order chi connectivity index (χ1) is 15.0. The fourth-order valence-electron chi connectivity index (χ4n) is 5.23. The fourth-order valence-corrected chi connectivity index (χ4v) is 5.88. The van der Waals surface area contributed by atoms with Gasteiger partial charge >= 0.3 is 0 Å². The van der Waals surface area contributed by atoms with Gasteiger partial charge in [0.25, 0.3) is 0 Å². The van der Waals surface area contributed by atoms with Crippen molar-refractivity contribution in [3.05, 3.63) is 22.3 Å². The second kappa shape index (κ2) is 12.1. The Morgan fingerprint density at radius 2 is 1.41 bits per heavy atom. The molecule has 0 aromatic heterocycles. The molecule has 1 heterocycles. The number of halogens is 1. The molecular weight excluding hydrogens is 460 g/mol. The highest BCUT2D eigenvalue weighted by Crippen LogP contribution is 2.46. The highest BCUT2D eigenvalue weighted by molar-refractivity contribution is 9.09. The van der Waals surface area contributed by atoms with Gasteiger partial charge in [0.2, 0.25) is 0 Å². The molecule has 2 nitrogen and oxygen atoms in total. The van der Waals surface area contributed by atoms with Crippen LogP contribution in [0.2, 0.25) is 0 Å². The van der Waals surface area contributed by atoms with Gasteiger partial charge in [0, 0.05) is 5.56 Å². The number of fused-ring (bicyclic) bond motifs is 1. The minimum atomic E-state index is -0.196. The largest absolute Gasteiger partial charge is 0.507 e. The lowest BCUT2D eigenvalue weighted by Crippen LogP contribution is -2.46. The van der Waals surface area contributed by atoms with Crippen LogP contribution in [0.3, 0.4) is 0 Å². The van der Waals surface area contributed by atoms with E-state index in [9.17, 15) is 5.11 Å². The smallest absolute Gasteiger partial charge is 0.127 e. The van der Waals surface area contributed by atoms with Crippen LogP contribution in [-0.4, -0.2) is 15.5 Å². The minimum Gasteiger partial charge on any atom is -0.507 e. The van der Waals surface area contributed by atoms with Crippen molar-refractivity contribution < 1.29 is 9.84 Å². The number of rotatable bonds is 12. The Bertz CT molecular complexity index is 741. The van der Waals surface area contributed by atoms with Gasteiger partial charge in [-0.15, -0.1) is 0 Å². The molecule has 1 N–H and O–H groups in total. The molecule has 0 saturated carbocycles. The summed E-state index contributed by atoms with van der Waals surface area (Å²) in [5.74, 6) is 3.94. The van der Waals surface area contributed by atoms with Crippen molar-refractivity contribution in [1.82, 2.24) is 0 Å². The summed E-state index contributed by atoms with van der Waals surface area (Å²) in [7, 11) is 0. The van der Waals surface area contributed by atoms with E-state index in [1.165, 1.54) is 56.9 Å². The molecule has 0 bridgehead atoms. The van der Waals surface area contributed by atoms with Gasteiger partial charge in [0.1, 0.15) is 17.1 Å². The number of phenols is 1. The molecule has 0 spiro atoms. The molecule has 0 saturated heterocycles. The molecule has 3 heteroatoms. The summed E-state index contributed by atoms with van der Waals surface area (Å²) in [5, 5.41) is 10.5. The van der Waals surface area contributed by atoms with Crippen molar-refractivity contribution in [1.29, 1.82) is 0 Å². The molecule has 0 fully saturated rings.